The molecule has 8 nitrogen and oxygen atoms in total. The number of nitrogens with one attached hydrogen (secondary N) is 1. The Morgan fingerprint density at radius 2 is 1.86 bits per heavy atom. The van der Waals surface area contributed by atoms with Crippen molar-refractivity contribution >= 4 is 21.4 Å². The van der Waals surface area contributed by atoms with E-state index in [1.54, 1.807) is 18.2 Å². The van der Waals surface area contributed by atoms with Gasteiger partial charge in [0, 0.05) is 24.2 Å². The molecule has 29 heavy (non-hydrogen) atoms. The summed E-state index contributed by atoms with van der Waals surface area (Å²) in [6, 6.07) is 14.7. The zero-order chi connectivity index (χ0) is 21.0. The Morgan fingerprint density at radius 3 is 2.48 bits per heavy atom. The molecular weight excluding hydrogens is 396 g/mol. The highest BCUT2D eigenvalue weighted by Crippen LogP contribution is 2.29. The molecule has 0 saturated heterocycles. The van der Waals surface area contributed by atoms with E-state index in [0.29, 0.717) is 0 Å². The zero-order valence-corrected chi connectivity index (χ0v) is 16.3. The van der Waals surface area contributed by atoms with Crippen LogP contribution < -0.4 is 5.32 Å². The number of rotatable bonds is 7. The SMILES string of the molecule is Cc1ccc(S(=O)(=O)C(CNC(=O)c2cccc([N+](=O)[O-])c2)c2ccco2)cc1. The molecule has 2 aromatic carbocycles. The van der Waals surface area contributed by atoms with Crippen LogP contribution in [-0.4, -0.2) is 25.8 Å². The molecule has 1 aromatic heterocycles. The largest absolute Gasteiger partial charge is 0.468 e. The molecule has 3 aromatic rings. The Hall–Kier alpha value is -3.46. The predicted molar refractivity (Wildman–Crippen MR) is 105 cm³/mol. The first-order valence-electron chi connectivity index (χ1n) is 8.65. The lowest BCUT2D eigenvalue weighted by Gasteiger charge is -2.17. The van der Waals surface area contributed by atoms with Gasteiger partial charge in [0.25, 0.3) is 11.6 Å². The van der Waals surface area contributed by atoms with Gasteiger partial charge in [0.1, 0.15) is 11.0 Å². The zero-order valence-electron chi connectivity index (χ0n) is 15.4. The number of nitrogens with zero attached hydrogens (tertiary/aromatic N) is 1. The molecule has 0 fully saturated rings. The van der Waals surface area contributed by atoms with Gasteiger partial charge in [-0.2, -0.15) is 0 Å². The molecule has 1 amide bonds. The van der Waals surface area contributed by atoms with E-state index in [1.165, 1.54) is 42.7 Å². The summed E-state index contributed by atoms with van der Waals surface area (Å²) in [4.78, 5) is 22.8. The van der Waals surface area contributed by atoms with E-state index in [4.69, 9.17) is 4.42 Å². The van der Waals surface area contributed by atoms with Crippen molar-refractivity contribution in [2.75, 3.05) is 6.54 Å². The second-order valence-corrected chi connectivity index (χ2v) is 8.51. The van der Waals surface area contributed by atoms with E-state index in [0.717, 1.165) is 11.6 Å². The first kappa shape index (κ1) is 20.3. The highest BCUT2D eigenvalue weighted by atomic mass is 32.2. The minimum absolute atomic E-state index is 0.0603. The standard InChI is InChI=1S/C20H18N2O6S/c1-14-7-9-17(10-8-14)29(26,27)19(18-6-3-11-28-18)13-21-20(23)15-4-2-5-16(12-15)22(24)25/h2-12,19H,13H2,1H3,(H,21,23). The summed E-state index contributed by atoms with van der Waals surface area (Å²) < 4.78 is 31.6. The summed E-state index contributed by atoms with van der Waals surface area (Å²) in [5.74, 6) is -0.436. The third-order valence-corrected chi connectivity index (χ3v) is 6.43. The van der Waals surface area contributed by atoms with Crippen LogP contribution in [-0.2, 0) is 9.84 Å². The molecule has 0 aliphatic carbocycles. The second kappa shape index (κ2) is 8.27. The van der Waals surface area contributed by atoms with Crippen molar-refractivity contribution in [1.82, 2.24) is 5.32 Å². The number of non-ortho nitro benzene ring substituents is 1. The molecule has 9 heteroatoms. The van der Waals surface area contributed by atoms with E-state index in [9.17, 15) is 23.3 Å². The Bertz CT molecular complexity index is 1120. The van der Waals surface area contributed by atoms with Gasteiger partial charge >= 0.3 is 0 Å². The number of nitro groups is 1. The van der Waals surface area contributed by atoms with Gasteiger partial charge in [0.15, 0.2) is 9.84 Å². The monoisotopic (exact) mass is 414 g/mol. The Balaban J connectivity index is 1.86. The number of aryl methyl sites for hydroxylation is 1. The van der Waals surface area contributed by atoms with Crippen LogP contribution >= 0.6 is 0 Å². The maximum absolute atomic E-state index is 13.1. The van der Waals surface area contributed by atoms with Crippen molar-refractivity contribution in [1.29, 1.82) is 0 Å². The fourth-order valence-corrected chi connectivity index (χ4v) is 4.36. The highest BCUT2D eigenvalue weighted by molar-refractivity contribution is 7.91. The molecule has 1 heterocycles. The quantitative estimate of drug-likeness (QED) is 0.467. The summed E-state index contributed by atoms with van der Waals surface area (Å²) in [6.45, 7) is 1.59. The molecular formula is C20H18N2O6S. The van der Waals surface area contributed by atoms with Gasteiger partial charge in [0.2, 0.25) is 0 Å². The summed E-state index contributed by atoms with van der Waals surface area (Å²) in [5.41, 5.74) is 0.745. The molecule has 1 atom stereocenters. The lowest BCUT2D eigenvalue weighted by molar-refractivity contribution is -0.384. The van der Waals surface area contributed by atoms with Gasteiger partial charge < -0.3 is 9.73 Å². The van der Waals surface area contributed by atoms with Crippen LogP contribution in [0.15, 0.2) is 76.2 Å². The predicted octanol–water partition coefficient (Wildman–Crippen LogP) is 3.44. The summed E-state index contributed by atoms with van der Waals surface area (Å²) in [7, 11) is -3.86. The molecule has 0 radical (unpaired) electrons. The number of hydrogen-bond acceptors (Lipinski definition) is 6. The number of amides is 1. The molecule has 0 aliphatic rings. The Labute approximate surface area is 167 Å². The summed E-state index contributed by atoms with van der Waals surface area (Å²) in [6.07, 6.45) is 1.36. The molecule has 150 valence electrons. The molecule has 0 saturated carbocycles. The summed E-state index contributed by atoms with van der Waals surface area (Å²) in [5, 5.41) is 12.3. The number of sulfone groups is 1. The number of nitro benzene ring substituents is 1. The van der Waals surface area contributed by atoms with Crippen molar-refractivity contribution in [2.45, 2.75) is 17.1 Å². The fourth-order valence-electron chi connectivity index (χ4n) is 2.78. The highest BCUT2D eigenvalue weighted by Gasteiger charge is 2.32. The van der Waals surface area contributed by atoms with Crippen LogP contribution in [0.1, 0.15) is 26.9 Å². The van der Waals surface area contributed by atoms with Crippen LogP contribution in [0.2, 0.25) is 0 Å². The van der Waals surface area contributed by atoms with E-state index >= 15 is 0 Å². The van der Waals surface area contributed by atoms with Gasteiger partial charge in [-0.3, -0.25) is 14.9 Å². The van der Waals surface area contributed by atoms with Crippen molar-refractivity contribution in [3.05, 3.63) is 93.9 Å². The van der Waals surface area contributed by atoms with Crippen molar-refractivity contribution in [2.24, 2.45) is 0 Å². The van der Waals surface area contributed by atoms with Crippen LogP contribution in [0.25, 0.3) is 0 Å². The van der Waals surface area contributed by atoms with E-state index in [-0.39, 0.29) is 28.5 Å². The van der Waals surface area contributed by atoms with Crippen LogP contribution in [0.3, 0.4) is 0 Å². The van der Waals surface area contributed by atoms with Crippen LogP contribution in [0.5, 0.6) is 0 Å². The maximum atomic E-state index is 13.1. The smallest absolute Gasteiger partial charge is 0.270 e. The minimum Gasteiger partial charge on any atom is -0.468 e. The van der Waals surface area contributed by atoms with Crippen LogP contribution in [0, 0.1) is 17.0 Å². The second-order valence-electron chi connectivity index (χ2n) is 6.38. The lowest BCUT2D eigenvalue weighted by Crippen LogP contribution is -2.31. The average Bonchev–Trinajstić information content (AvgIpc) is 3.22. The molecule has 0 spiro atoms. The van der Waals surface area contributed by atoms with E-state index in [1.807, 2.05) is 6.92 Å². The number of carbonyl (C=O) groups is 1. The third kappa shape index (κ3) is 4.52. The number of carbonyl (C=O) groups excluding carboxylic acids is 1. The third-order valence-electron chi connectivity index (χ3n) is 4.35. The Morgan fingerprint density at radius 1 is 1.14 bits per heavy atom. The topological polar surface area (TPSA) is 120 Å². The number of hydrogen-bond donors (Lipinski definition) is 1. The van der Waals surface area contributed by atoms with Gasteiger partial charge in [-0.1, -0.05) is 23.8 Å². The maximum Gasteiger partial charge on any atom is 0.270 e. The van der Waals surface area contributed by atoms with E-state index < -0.39 is 25.9 Å². The molecule has 0 aliphatic heterocycles. The van der Waals surface area contributed by atoms with Crippen molar-refractivity contribution < 1.29 is 22.6 Å². The van der Waals surface area contributed by atoms with E-state index in [2.05, 4.69) is 5.32 Å². The normalized spacial score (nSPS) is 12.3. The van der Waals surface area contributed by atoms with Gasteiger partial charge in [-0.15, -0.1) is 0 Å². The lowest BCUT2D eigenvalue weighted by atomic mass is 10.2. The van der Waals surface area contributed by atoms with Gasteiger partial charge in [-0.05, 0) is 37.3 Å². The molecule has 1 unspecified atom stereocenters. The molecule has 1 N–H and O–H groups in total. The Kier molecular flexibility index (Phi) is 5.79. The number of furan rings is 1. The average molecular weight is 414 g/mol. The first-order valence-corrected chi connectivity index (χ1v) is 10.2. The van der Waals surface area contributed by atoms with Crippen molar-refractivity contribution in [3.63, 3.8) is 0 Å². The molecule has 0 bridgehead atoms. The minimum atomic E-state index is -3.86. The molecule has 3 rings (SSSR count). The van der Waals surface area contributed by atoms with Gasteiger partial charge in [0.05, 0.1) is 16.1 Å². The number of benzene rings is 2. The summed E-state index contributed by atoms with van der Waals surface area (Å²) >= 11 is 0. The van der Waals surface area contributed by atoms with Crippen LogP contribution in [0.4, 0.5) is 5.69 Å². The fraction of sp³-hybridized carbons (Fsp3) is 0.150. The van der Waals surface area contributed by atoms with Crippen molar-refractivity contribution in [3.8, 4) is 0 Å². The first-order chi connectivity index (χ1) is 13.8. The van der Waals surface area contributed by atoms with Gasteiger partial charge in [-0.25, -0.2) is 8.42 Å².